The summed E-state index contributed by atoms with van der Waals surface area (Å²) < 4.78 is 35.9. The van der Waals surface area contributed by atoms with Gasteiger partial charge in [0.1, 0.15) is 0 Å². The van der Waals surface area contributed by atoms with Gasteiger partial charge in [0, 0.05) is 0 Å². The Kier molecular flexibility index (Phi) is 8.95. The van der Waals surface area contributed by atoms with Crippen molar-refractivity contribution in [2.24, 2.45) is 0 Å². The summed E-state index contributed by atoms with van der Waals surface area (Å²) >= 11 is 11.9. The topological polar surface area (TPSA) is 91.9 Å². The Morgan fingerprint density at radius 3 is 2.46 bits per heavy atom. The van der Waals surface area contributed by atoms with E-state index in [1.807, 2.05) is 35.0 Å². The zero-order valence-corrected chi connectivity index (χ0v) is 28.0. The molecule has 234 valence electrons. The molecule has 2 atom stereocenters. The molecular formula is C33H28AsCl2F2N7O. The van der Waals surface area contributed by atoms with Crippen molar-refractivity contribution < 1.29 is 13.5 Å². The van der Waals surface area contributed by atoms with Crippen LogP contribution < -0.4 is 9.67 Å². The molecule has 1 unspecified atom stereocenters. The molecule has 2 fully saturated rings. The number of nitrogens with one attached hydrogen (secondary N) is 1. The molecule has 0 bridgehead atoms. The molecule has 0 spiro atoms. The van der Waals surface area contributed by atoms with Crippen LogP contribution in [0.25, 0.3) is 10.9 Å². The number of ether oxygens (including phenoxy) is 1. The first-order valence-corrected chi connectivity index (χ1v) is 17.9. The van der Waals surface area contributed by atoms with Crippen molar-refractivity contribution in [3.63, 3.8) is 0 Å². The summed E-state index contributed by atoms with van der Waals surface area (Å²) in [5.74, 6) is -1.95. The summed E-state index contributed by atoms with van der Waals surface area (Å²) in [7, 11) is 0. The van der Waals surface area contributed by atoms with Crippen LogP contribution in [0.1, 0.15) is 40.4 Å². The van der Waals surface area contributed by atoms with Gasteiger partial charge in [0.2, 0.25) is 0 Å². The molecule has 2 aliphatic rings. The fourth-order valence-corrected chi connectivity index (χ4v) is 9.74. The van der Waals surface area contributed by atoms with E-state index in [4.69, 9.17) is 32.9 Å². The normalized spacial score (nSPS) is 16.9. The zero-order chi connectivity index (χ0) is 31.8. The summed E-state index contributed by atoms with van der Waals surface area (Å²) in [6.45, 7) is 3.65. The molecule has 0 saturated carbocycles. The maximum atomic E-state index is 14.0. The number of anilines is 2. The Bertz CT molecular complexity index is 1940. The van der Waals surface area contributed by atoms with E-state index in [2.05, 4.69) is 32.8 Å². The molecule has 0 amide bonds. The van der Waals surface area contributed by atoms with E-state index < -0.39 is 27.4 Å². The average molecular weight is 722 g/mol. The first-order chi connectivity index (χ1) is 22.4. The van der Waals surface area contributed by atoms with Gasteiger partial charge in [-0.15, -0.1) is 0 Å². The predicted octanol–water partition coefficient (Wildman–Crippen LogP) is 5.91. The number of benzene rings is 3. The monoisotopic (exact) mass is 721 g/mol. The number of nitrogens with zero attached hydrogens (tertiary/aromatic N) is 6. The molecule has 5 aromatic rings. The van der Waals surface area contributed by atoms with E-state index in [-0.39, 0.29) is 16.3 Å². The quantitative estimate of drug-likeness (QED) is 0.199. The molecule has 3 aromatic carbocycles. The molecule has 2 saturated heterocycles. The van der Waals surface area contributed by atoms with E-state index in [1.54, 1.807) is 6.07 Å². The molecule has 1 N–H and O–H groups in total. The molecular weight excluding hydrogens is 694 g/mol. The van der Waals surface area contributed by atoms with Gasteiger partial charge in [0.25, 0.3) is 0 Å². The van der Waals surface area contributed by atoms with Gasteiger partial charge in [-0.3, -0.25) is 0 Å². The molecule has 0 aliphatic carbocycles. The van der Waals surface area contributed by atoms with Crippen molar-refractivity contribution in [2.75, 3.05) is 31.6 Å². The van der Waals surface area contributed by atoms with Crippen LogP contribution >= 0.6 is 23.2 Å². The van der Waals surface area contributed by atoms with E-state index >= 15 is 0 Å². The number of pyridine rings is 1. The van der Waals surface area contributed by atoms with Crippen molar-refractivity contribution in [1.82, 2.24) is 24.9 Å². The Morgan fingerprint density at radius 2 is 1.76 bits per heavy atom. The maximum absolute atomic E-state index is 14.0. The second kappa shape index (κ2) is 13.3. The molecule has 13 heteroatoms. The number of hydrogen-bond acceptors (Lipinski definition) is 7. The first kappa shape index (κ1) is 31.0. The number of piperidine rings is 1. The van der Waals surface area contributed by atoms with Gasteiger partial charge in [-0.1, -0.05) is 0 Å². The van der Waals surface area contributed by atoms with Gasteiger partial charge in [-0.2, -0.15) is 0 Å². The van der Waals surface area contributed by atoms with Crippen molar-refractivity contribution in [1.29, 1.82) is 5.26 Å². The van der Waals surface area contributed by atoms with Gasteiger partial charge in [-0.05, 0) is 0 Å². The summed E-state index contributed by atoms with van der Waals surface area (Å²) in [5.41, 5.74) is 3.55. The van der Waals surface area contributed by atoms with Crippen molar-refractivity contribution >= 4 is 65.6 Å². The predicted molar refractivity (Wildman–Crippen MR) is 176 cm³/mol. The summed E-state index contributed by atoms with van der Waals surface area (Å²) in [4.78, 5) is 7.20. The Hall–Kier alpha value is -3.58. The first-order valence-electron chi connectivity index (χ1n) is 14.9. The second-order valence-electron chi connectivity index (χ2n) is 11.5. The molecule has 0 radical (unpaired) electrons. The minimum absolute atomic E-state index is 0.0834. The second-order valence-corrected chi connectivity index (χ2v) is 15.3. The van der Waals surface area contributed by atoms with Gasteiger partial charge in [0.15, 0.2) is 0 Å². The number of aromatic nitrogens is 4. The van der Waals surface area contributed by atoms with Crippen LogP contribution in [0.4, 0.5) is 20.2 Å². The van der Waals surface area contributed by atoms with Crippen molar-refractivity contribution in [3.8, 4) is 6.07 Å². The molecule has 7 rings (SSSR count). The number of likely N-dealkylation sites (tertiary alicyclic amines) is 1. The van der Waals surface area contributed by atoms with Crippen LogP contribution in [0, 0.1) is 23.0 Å². The van der Waals surface area contributed by atoms with Crippen molar-refractivity contribution in [2.45, 2.75) is 29.6 Å². The third-order valence-electron chi connectivity index (χ3n) is 8.58. The molecule has 46 heavy (non-hydrogen) atoms. The molecule has 2 aliphatic heterocycles. The summed E-state index contributed by atoms with van der Waals surface area (Å²) in [6.07, 6.45) is 5.56. The van der Waals surface area contributed by atoms with Crippen LogP contribution in [0.3, 0.4) is 0 Å². The van der Waals surface area contributed by atoms with Crippen LogP contribution in [0.5, 0.6) is 0 Å². The number of nitriles is 1. The van der Waals surface area contributed by atoms with E-state index in [1.165, 1.54) is 12.3 Å². The average Bonchev–Trinajstić information content (AvgIpc) is 3.52. The Labute approximate surface area is 281 Å². The van der Waals surface area contributed by atoms with Crippen LogP contribution in [-0.4, -0.2) is 73.0 Å². The third-order valence-corrected chi connectivity index (χ3v) is 12.4. The fourth-order valence-electron chi connectivity index (χ4n) is 6.00. The minimum atomic E-state index is -1.07. The summed E-state index contributed by atoms with van der Waals surface area (Å²) in [5, 5.41) is 24.0. The number of hydrogen-bond donors (Lipinski definition) is 1. The molecule has 2 aromatic heterocycles. The molecule has 8 nitrogen and oxygen atoms in total. The fraction of sp³-hybridized carbons (Fsp3) is 0.273. The Morgan fingerprint density at radius 1 is 0.978 bits per heavy atom. The molecule has 4 heterocycles. The van der Waals surface area contributed by atoms with Gasteiger partial charge < -0.3 is 0 Å². The van der Waals surface area contributed by atoms with Gasteiger partial charge >= 0.3 is 282 Å². The Balaban J connectivity index is 1.23. The third kappa shape index (κ3) is 6.35. The van der Waals surface area contributed by atoms with Crippen LogP contribution in [0.15, 0.2) is 67.0 Å². The van der Waals surface area contributed by atoms with Crippen LogP contribution in [0.2, 0.25) is 10.0 Å². The number of halogens is 4. The summed E-state index contributed by atoms with van der Waals surface area (Å²) in [6, 6.07) is 17.9. The number of fused-ring (bicyclic) bond motifs is 1. The van der Waals surface area contributed by atoms with Crippen LogP contribution in [-0.2, 0) is 4.74 Å². The van der Waals surface area contributed by atoms with E-state index in [0.29, 0.717) is 38.4 Å². The van der Waals surface area contributed by atoms with E-state index in [9.17, 15) is 14.0 Å². The number of rotatable bonds is 8. The SMILES string of the molecule is N#Cc1cnc2c([AsH][C@@H](c3ccc(Cl)cc3)c3cn(C4CCN(C5COC5)CC4)nn3)cc(Cl)cc2c1Nc1ccc(F)c(F)c1. The van der Waals surface area contributed by atoms with Gasteiger partial charge in [0.05, 0.1) is 0 Å². The van der Waals surface area contributed by atoms with Gasteiger partial charge in [-0.25, -0.2) is 0 Å². The zero-order valence-electron chi connectivity index (χ0n) is 24.4. The van der Waals surface area contributed by atoms with E-state index in [0.717, 1.165) is 66.9 Å². The standard InChI is InChI=1S/C33H28AsCl2F2N7O/c35-21-3-1-19(2-4-21)31(30-16-45(43-42-30)24-7-9-44(10-8-24)25-17-46-18-25)34-27-12-22(36)11-26-32(20(14-39)15-40-33(26)27)41-23-5-6-28(37)29(38)13-23/h1-6,11-13,15-16,24-25,31,34H,7-10,17-18H2,(H,40,41)/t31-/m0/s1. The van der Waals surface area contributed by atoms with Crippen molar-refractivity contribution in [3.05, 3.63) is 105 Å².